The van der Waals surface area contributed by atoms with Crippen molar-refractivity contribution in [1.82, 2.24) is 15.0 Å². The highest BCUT2D eigenvalue weighted by atomic mass is 79.9. The molecule has 100 valence electrons. The number of aliphatic hydroxyl groups is 1. The summed E-state index contributed by atoms with van der Waals surface area (Å²) in [6, 6.07) is 11.4. The molecule has 0 fully saturated rings. The Balaban J connectivity index is 1.84. The first-order chi connectivity index (χ1) is 9.72. The Morgan fingerprint density at radius 3 is 2.55 bits per heavy atom. The summed E-state index contributed by atoms with van der Waals surface area (Å²) in [5.74, 6) is 0. The largest absolute Gasteiger partial charge is 0.386 e. The summed E-state index contributed by atoms with van der Waals surface area (Å²) in [7, 11) is 0. The van der Waals surface area contributed by atoms with Gasteiger partial charge in [0.15, 0.2) is 0 Å². The van der Waals surface area contributed by atoms with E-state index in [0.29, 0.717) is 12.1 Å². The molecule has 4 nitrogen and oxygen atoms in total. The Kier molecular flexibility index (Phi) is 3.71. The number of para-hydroxylation sites is 2. The van der Waals surface area contributed by atoms with E-state index in [1.54, 1.807) is 12.4 Å². The molecule has 0 radical (unpaired) electrons. The van der Waals surface area contributed by atoms with Gasteiger partial charge in [-0.05, 0) is 40.2 Å². The molecule has 1 unspecified atom stereocenters. The summed E-state index contributed by atoms with van der Waals surface area (Å²) in [5, 5.41) is 10.2. The van der Waals surface area contributed by atoms with E-state index in [1.807, 2.05) is 36.4 Å². The van der Waals surface area contributed by atoms with Crippen molar-refractivity contribution >= 4 is 27.0 Å². The van der Waals surface area contributed by atoms with E-state index in [2.05, 4.69) is 30.9 Å². The molecule has 1 atom stereocenters. The van der Waals surface area contributed by atoms with E-state index in [-0.39, 0.29) is 0 Å². The molecule has 2 aromatic heterocycles. The van der Waals surface area contributed by atoms with Gasteiger partial charge in [0.1, 0.15) is 6.10 Å². The summed E-state index contributed by atoms with van der Waals surface area (Å²) < 4.78 is 0.918. The third-order valence-electron chi connectivity index (χ3n) is 3.00. The third kappa shape index (κ3) is 2.84. The van der Waals surface area contributed by atoms with E-state index < -0.39 is 6.10 Å². The minimum Gasteiger partial charge on any atom is -0.386 e. The third-order valence-corrected chi connectivity index (χ3v) is 3.47. The molecule has 20 heavy (non-hydrogen) atoms. The van der Waals surface area contributed by atoms with Crippen LogP contribution in [0.4, 0.5) is 0 Å². The van der Waals surface area contributed by atoms with Gasteiger partial charge in [0.05, 0.1) is 22.9 Å². The molecule has 0 aliphatic carbocycles. The summed E-state index contributed by atoms with van der Waals surface area (Å²) in [5.41, 5.74) is 2.99. The van der Waals surface area contributed by atoms with Gasteiger partial charge in [-0.15, -0.1) is 0 Å². The number of benzene rings is 1. The van der Waals surface area contributed by atoms with Crippen LogP contribution in [0.15, 0.2) is 53.3 Å². The van der Waals surface area contributed by atoms with E-state index in [1.165, 1.54) is 0 Å². The molecule has 0 spiro atoms. The fourth-order valence-corrected chi connectivity index (χ4v) is 2.20. The van der Waals surface area contributed by atoms with Crippen LogP contribution < -0.4 is 0 Å². The van der Waals surface area contributed by atoms with Gasteiger partial charge in [0.2, 0.25) is 0 Å². The fourth-order valence-electron chi connectivity index (χ4n) is 1.96. The van der Waals surface area contributed by atoms with Crippen molar-refractivity contribution in [2.24, 2.45) is 0 Å². The predicted octanol–water partition coefficient (Wildman–Crippen LogP) is 3.06. The van der Waals surface area contributed by atoms with Crippen LogP contribution in [-0.4, -0.2) is 20.1 Å². The first-order valence-corrected chi connectivity index (χ1v) is 7.02. The monoisotopic (exact) mass is 329 g/mol. The van der Waals surface area contributed by atoms with Crippen molar-refractivity contribution in [3.05, 3.63) is 64.7 Å². The van der Waals surface area contributed by atoms with Crippen molar-refractivity contribution in [2.75, 3.05) is 0 Å². The molecule has 0 amide bonds. The second-order valence-electron chi connectivity index (χ2n) is 4.47. The van der Waals surface area contributed by atoms with Gasteiger partial charge < -0.3 is 5.11 Å². The van der Waals surface area contributed by atoms with Crippen molar-refractivity contribution in [1.29, 1.82) is 0 Å². The number of fused-ring (bicyclic) bond motifs is 1. The molecular weight excluding hydrogens is 318 g/mol. The van der Waals surface area contributed by atoms with Crippen LogP contribution in [0.3, 0.4) is 0 Å². The van der Waals surface area contributed by atoms with Gasteiger partial charge in [-0.2, -0.15) is 0 Å². The second-order valence-corrected chi connectivity index (χ2v) is 5.39. The lowest BCUT2D eigenvalue weighted by molar-refractivity contribution is 0.172. The molecule has 5 heteroatoms. The highest BCUT2D eigenvalue weighted by Gasteiger charge is 2.12. The summed E-state index contributed by atoms with van der Waals surface area (Å²) >= 11 is 3.34. The zero-order chi connectivity index (χ0) is 13.9. The Bertz CT molecular complexity index is 731. The van der Waals surface area contributed by atoms with E-state index >= 15 is 0 Å². The van der Waals surface area contributed by atoms with Crippen LogP contribution in [0.2, 0.25) is 0 Å². The van der Waals surface area contributed by atoms with Gasteiger partial charge in [0, 0.05) is 22.8 Å². The van der Waals surface area contributed by atoms with Gasteiger partial charge in [0.25, 0.3) is 0 Å². The first kappa shape index (κ1) is 13.1. The first-order valence-electron chi connectivity index (χ1n) is 6.22. The number of pyridine rings is 1. The predicted molar refractivity (Wildman–Crippen MR) is 80.1 cm³/mol. The average Bonchev–Trinajstić information content (AvgIpc) is 2.49. The number of aromatic nitrogens is 3. The molecule has 0 saturated carbocycles. The van der Waals surface area contributed by atoms with Crippen LogP contribution in [0.25, 0.3) is 11.0 Å². The van der Waals surface area contributed by atoms with Crippen LogP contribution in [-0.2, 0) is 6.42 Å². The highest BCUT2D eigenvalue weighted by Crippen LogP contribution is 2.18. The lowest BCUT2D eigenvalue weighted by Gasteiger charge is -2.10. The number of rotatable bonds is 3. The van der Waals surface area contributed by atoms with E-state index in [4.69, 9.17) is 0 Å². The number of halogens is 1. The summed E-state index contributed by atoms with van der Waals surface area (Å²) in [4.78, 5) is 13.0. The van der Waals surface area contributed by atoms with E-state index in [0.717, 1.165) is 21.2 Å². The lowest BCUT2D eigenvalue weighted by Crippen LogP contribution is -2.06. The topological polar surface area (TPSA) is 58.9 Å². The summed E-state index contributed by atoms with van der Waals surface area (Å²) in [6.45, 7) is 0. The molecule has 2 heterocycles. The van der Waals surface area contributed by atoms with Crippen molar-refractivity contribution in [2.45, 2.75) is 12.5 Å². The average molecular weight is 330 g/mol. The maximum absolute atomic E-state index is 10.2. The molecular formula is C15H12BrN3O. The molecule has 0 bridgehead atoms. The van der Waals surface area contributed by atoms with Crippen molar-refractivity contribution in [3.63, 3.8) is 0 Å². The summed E-state index contributed by atoms with van der Waals surface area (Å²) in [6.07, 6.45) is 3.04. The SMILES string of the molecule is OC(Cc1ccc(Br)cn1)c1cnc2ccccc2n1. The minimum atomic E-state index is -0.708. The Hall–Kier alpha value is -1.85. The van der Waals surface area contributed by atoms with Crippen LogP contribution in [0.1, 0.15) is 17.5 Å². The normalized spacial score (nSPS) is 12.5. The minimum absolute atomic E-state index is 0.417. The molecule has 0 aliphatic rings. The number of aliphatic hydroxyl groups excluding tert-OH is 1. The lowest BCUT2D eigenvalue weighted by atomic mass is 10.1. The van der Waals surface area contributed by atoms with Crippen LogP contribution in [0, 0.1) is 0 Å². The molecule has 3 rings (SSSR count). The standard InChI is InChI=1S/C15H12BrN3O/c16-10-5-6-11(17-8-10)7-15(20)14-9-18-12-3-1-2-4-13(12)19-14/h1-6,8-9,15,20H,7H2. The second kappa shape index (κ2) is 5.64. The number of hydrogen-bond acceptors (Lipinski definition) is 4. The highest BCUT2D eigenvalue weighted by molar-refractivity contribution is 9.10. The maximum atomic E-state index is 10.2. The Labute approximate surface area is 124 Å². The van der Waals surface area contributed by atoms with Gasteiger partial charge in [-0.1, -0.05) is 12.1 Å². The molecule has 0 saturated heterocycles. The number of hydrogen-bond donors (Lipinski definition) is 1. The van der Waals surface area contributed by atoms with E-state index in [9.17, 15) is 5.11 Å². The Morgan fingerprint density at radius 2 is 1.80 bits per heavy atom. The smallest absolute Gasteiger partial charge is 0.103 e. The van der Waals surface area contributed by atoms with Crippen LogP contribution >= 0.6 is 15.9 Å². The molecule has 3 aromatic rings. The zero-order valence-electron chi connectivity index (χ0n) is 10.6. The van der Waals surface area contributed by atoms with Gasteiger partial charge >= 0.3 is 0 Å². The maximum Gasteiger partial charge on any atom is 0.103 e. The molecule has 0 aliphatic heterocycles. The number of nitrogens with zero attached hydrogens (tertiary/aromatic N) is 3. The molecule has 1 aromatic carbocycles. The van der Waals surface area contributed by atoms with Gasteiger partial charge in [-0.25, -0.2) is 4.98 Å². The zero-order valence-corrected chi connectivity index (χ0v) is 12.2. The van der Waals surface area contributed by atoms with Crippen LogP contribution in [0.5, 0.6) is 0 Å². The fraction of sp³-hybridized carbons (Fsp3) is 0.133. The van der Waals surface area contributed by atoms with Crippen molar-refractivity contribution < 1.29 is 5.11 Å². The Morgan fingerprint density at radius 1 is 1.00 bits per heavy atom. The quantitative estimate of drug-likeness (QED) is 0.802. The molecule has 1 N–H and O–H groups in total. The van der Waals surface area contributed by atoms with Crippen molar-refractivity contribution in [3.8, 4) is 0 Å². The van der Waals surface area contributed by atoms with Gasteiger partial charge in [-0.3, -0.25) is 9.97 Å².